The van der Waals surface area contributed by atoms with Crippen molar-refractivity contribution in [3.63, 3.8) is 0 Å². The lowest BCUT2D eigenvalue weighted by molar-refractivity contribution is -0.119. The molecule has 0 saturated heterocycles. The highest BCUT2D eigenvalue weighted by molar-refractivity contribution is 6.31. The van der Waals surface area contributed by atoms with E-state index in [-0.39, 0.29) is 6.61 Å². The zero-order valence-corrected chi connectivity index (χ0v) is 13.2. The largest absolute Gasteiger partial charge is 0.483 e. The minimum Gasteiger partial charge on any atom is -0.483 e. The molecule has 1 amide bonds. The van der Waals surface area contributed by atoms with Gasteiger partial charge < -0.3 is 4.74 Å². The Kier molecular flexibility index (Phi) is 5.26. The van der Waals surface area contributed by atoms with Crippen LogP contribution in [0.2, 0.25) is 10.0 Å². The topological polar surface area (TPSA) is 53.3 Å². The van der Waals surface area contributed by atoms with Crippen LogP contribution in [-0.4, -0.2) is 12.5 Å². The molecule has 0 heterocycles. The third-order valence-corrected chi connectivity index (χ3v) is 3.41. The van der Waals surface area contributed by atoms with Crippen molar-refractivity contribution in [2.45, 2.75) is 6.92 Å². The first kappa shape index (κ1) is 16.2. The van der Waals surface area contributed by atoms with Crippen LogP contribution >= 0.6 is 23.2 Å². The van der Waals surface area contributed by atoms with E-state index in [0.717, 1.165) is 10.5 Å². The van der Waals surface area contributed by atoms with E-state index in [2.05, 4.69) is 0 Å². The van der Waals surface area contributed by atoms with Crippen molar-refractivity contribution in [2.24, 2.45) is 0 Å². The van der Waals surface area contributed by atoms with Gasteiger partial charge in [0, 0.05) is 10.0 Å². The standard InChI is InChI=1S/C16H12Cl2N2O2/c1-11-8-13(18)4-7-15(11)22-9-16(21)20(10-19)14-5-2-12(17)3-6-14/h2-8H,9H2,1H3. The molecule has 22 heavy (non-hydrogen) atoms. The zero-order chi connectivity index (χ0) is 16.1. The van der Waals surface area contributed by atoms with E-state index in [1.54, 1.807) is 42.5 Å². The van der Waals surface area contributed by atoms with Crippen LogP contribution in [-0.2, 0) is 4.79 Å². The third-order valence-electron chi connectivity index (χ3n) is 2.92. The molecular weight excluding hydrogens is 323 g/mol. The summed E-state index contributed by atoms with van der Waals surface area (Å²) < 4.78 is 5.45. The SMILES string of the molecule is Cc1cc(Cl)ccc1OCC(=O)N(C#N)c1ccc(Cl)cc1. The van der Waals surface area contributed by atoms with Crippen molar-refractivity contribution in [3.05, 3.63) is 58.1 Å². The Morgan fingerprint density at radius 3 is 2.41 bits per heavy atom. The summed E-state index contributed by atoms with van der Waals surface area (Å²) >= 11 is 11.6. The molecule has 0 aliphatic rings. The fourth-order valence-electron chi connectivity index (χ4n) is 1.83. The summed E-state index contributed by atoms with van der Waals surface area (Å²) in [5.74, 6) is 0.0749. The average molecular weight is 335 g/mol. The number of nitriles is 1. The Bertz CT molecular complexity index is 724. The van der Waals surface area contributed by atoms with Gasteiger partial charge in [-0.1, -0.05) is 23.2 Å². The molecule has 0 aromatic heterocycles. The van der Waals surface area contributed by atoms with Gasteiger partial charge >= 0.3 is 0 Å². The van der Waals surface area contributed by atoms with Crippen molar-refractivity contribution in [1.82, 2.24) is 0 Å². The van der Waals surface area contributed by atoms with Gasteiger partial charge in [-0.25, -0.2) is 4.90 Å². The zero-order valence-electron chi connectivity index (χ0n) is 11.7. The predicted octanol–water partition coefficient (Wildman–Crippen LogP) is 4.19. The van der Waals surface area contributed by atoms with Crippen LogP contribution in [0.15, 0.2) is 42.5 Å². The van der Waals surface area contributed by atoms with Gasteiger partial charge in [0.2, 0.25) is 0 Å². The first-order valence-electron chi connectivity index (χ1n) is 6.38. The van der Waals surface area contributed by atoms with E-state index in [9.17, 15) is 4.79 Å². The van der Waals surface area contributed by atoms with Crippen molar-refractivity contribution in [1.29, 1.82) is 5.26 Å². The average Bonchev–Trinajstić information content (AvgIpc) is 2.49. The van der Waals surface area contributed by atoms with E-state index < -0.39 is 5.91 Å². The number of halogens is 2. The molecule has 112 valence electrons. The van der Waals surface area contributed by atoms with Crippen molar-refractivity contribution >= 4 is 34.8 Å². The van der Waals surface area contributed by atoms with Crippen LogP contribution in [0.3, 0.4) is 0 Å². The van der Waals surface area contributed by atoms with E-state index >= 15 is 0 Å². The Morgan fingerprint density at radius 1 is 1.18 bits per heavy atom. The highest BCUT2D eigenvalue weighted by Crippen LogP contribution is 2.22. The predicted molar refractivity (Wildman–Crippen MR) is 86.2 cm³/mol. The summed E-state index contributed by atoms with van der Waals surface area (Å²) in [5.41, 5.74) is 1.25. The lowest BCUT2D eigenvalue weighted by Gasteiger charge is -2.15. The highest BCUT2D eigenvalue weighted by atomic mass is 35.5. The van der Waals surface area contributed by atoms with Gasteiger partial charge in [0.25, 0.3) is 5.91 Å². The van der Waals surface area contributed by atoms with Crippen LogP contribution in [0, 0.1) is 18.4 Å². The number of benzene rings is 2. The number of rotatable bonds is 4. The first-order valence-corrected chi connectivity index (χ1v) is 7.14. The molecule has 0 aliphatic carbocycles. The monoisotopic (exact) mass is 334 g/mol. The van der Waals surface area contributed by atoms with Gasteiger partial charge in [-0.05, 0) is 55.0 Å². The van der Waals surface area contributed by atoms with Crippen LogP contribution in [0.25, 0.3) is 0 Å². The van der Waals surface area contributed by atoms with Gasteiger partial charge in [-0.3, -0.25) is 4.79 Å². The molecule has 0 unspecified atom stereocenters. The number of aryl methyl sites for hydroxylation is 1. The Morgan fingerprint density at radius 2 is 1.82 bits per heavy atom. The second kappa shape index (κ2) is 7.17. The maximum atomic E-state index is 12.1. The molecule has 6 heteroatoms. The molecule has 0 atom stereocenters. The molecule has 2 aromatic carbocycles. The minimum atomic E-state index is -0.473. The van der Waals surface area contributed by atoms with E-state index in [1.165, 1.54) is 0 Å². The molecule has 0 bridgehead atoms. The molecule has 0 saturated carbocycles. The van der Waals surface area contributed by atoms with Gasteiger partial charge in [-0.2, -0.15) is 5.26 Å². The number of hydrogen-bond acceptors (Lipinski definition) is 3. The third kappa shape index (κ3) is 3.91. The minimum absolute atomic E-state index is 0.251. The summed E-state index contributed by atoms with van der Waals surface area (Å²) in [4.78, 5) is 13.1. The summed E-state index contributed by atoms with van der Waals surface area (Å²) in [5, 5.41) is 10.3. The molecule has 0 N–H and O–H groups in total. The van der Waals surface area contributed by atoms with Crippen LogP contribution < -0.4 is 9.64 Å². The summed E-state index contributed by atoms with van der Waals surface area (Å²) in [6, 6.07) is 11.5. The molecule has 4 nitrogen and oxygen atoms in total. The first-order chi connectivity index (χ1) is 10.5. The van der Waals surface area contributed by atoms with Crippen LogP contribution in [0.5, 0.6) is 5.75 Å². The fraction of sp³-hybridized carbons (Fsp3) is 0.125. The smallest absolute Gasteiger partial charge is 0.278 e. The molecule has 0 fully saturated rings. The van der Waals surface area contributed by atoms with E-state index in [1.807, 2.05) is 13.1 Å². The summed E-state index contributed by atoms with van der Waals surface area (Å²) in [6.07, 6.45) is 1.84. The molecular formula is C16H12Cl2N2O2. The number of anilines is 1. The molecule has 0 aliphatic heterocycles. The quantitative estimate of drug-likeness (QED) is 0.622. The van der Waals surface area contributed by atoms with Gasteiger partial charge in [0.15, 0.2) is 12.8 Å². The Balaban J connectivity index is 2.07. The normalized spacial score (nSPS) is 9.91. The number of carbonyl (C=O) groups is 1. The number of ether oxygens (including phenoxy) is 1. The van der Waals surface area contributed by atoms with Gasteiger partial charge in [0.1, 0.15) is 5.75 Å². The second-order valence-corrected chi connectivity index (χ2v) is 5.38. The molecule has 2 aromatic rings. The fourth-order valence-corrected chi connectivity index (χ4v) is 2.18. The number of hydrogen-bond donors (Lipinski definition) is 0. The second-order valence-electron chi connectivity index (χ2n) is 4.50. The van der Waals surface area contributed by atoms with Crippen LogP contribution in [0.1, 0.15) is 5.56 Å². The lowest BCUT2D eigenvalue weighted by atomic mass is 10.2. The number of carbonyl (C=O) groups excluding carboxylic acids is 1. The number of amides is 1. The Hall–Kier alpha value is -2.22. The number of nitrogens with zero attached hydrogens (tertiary/aromatic N) is 2. The van der Waals surface area contributed by atoms with Crippen molar-refractivity contribution in [2.75, 3.05) is 11.5 Å². The molecule has 0 spiro atoms. The maximum absolute atomic E-state index is 12.1. The Labute approximate surface area is 138 Å². The van der Waals surface area contributed by atoms with Gasteiger partial charge in [0.05, 0.1) is 5.69 Å². The maximum Gasteiger partial charge on any atom is 0.278 e. The van der Waals surface area contributed by atoms with Crippen LogP contribution in [0.4, 0.5) is 5.69 Å². The van der Waals surface area contributed by atoms with Gasteiger partial charge in [-0.15, -0.1) is 0 Å². The summed E-state index contributed by atoms with van der Waals surface area (Å²) in [6.45, 7) is 1.58. The highest BCUT2D eigenvalue weighted by Gasteiger charge is 2.16. The molecule has 2 rings (SSSR count). The van der Waals surface area contributed by atoms with Crippen molar-refractivity contribution < 1.29 is 9.53 Å². The summed E-state index contributed by atoms with van der Waals surface area (Å²) in [7, 11) is 0. The van der Waals surface area contributed by atoms with Crippen molar-refractivity contribution in [3.8, 4) is 11.9 Å². The molecule has 0 radical (unpaired) electrons. The lowest BCUT2D eigenvalue weighted by Crippen LogP contribution is -2.30. The van der Waals surface area contributed by atoms with E-state index in [0.29, 0.717) is 21.5 Å². The van der Waals surface area contributed by atoms with E-state index in [4.69, 9.17) is 33.2 Å².